The van der Waals surface area contributed by atoms with Gasteiger partial charge in [-0.15, -0.1) is 0 Å². The normalized spacial score (nSPS) is 14.2. The molecule has 1 aliphatic heterocycles. The zero-order valence-electron chi connectivity index (χ0n) is 14.5. The summed E-state index contributed by atoms with van der Waals surface area (Å²) in [7, 11) is -3.79. The van der Waals surface area contributed by atoms with Gasteiger partial charge in [0.2, 0.25) is 15.9 Å². The zero-order valence-corrected chi connectivity index (χ0v) is 15.4. The van der Waals surface area contributed by atoms with E-state index >= 15 is 0 Å². The van der Waals surface area contributed by atoms with Gasteiger partial charge >= 0.3 is 0 Å². The highest BCUT2D eigenvalue weighted by Crippen LogP contribution is 2.33. The second-order valence-corrected chi connectivity index (χ2v) is 7.69. The Hall–Kier alpha value is -2.13. The van der Waals surface area contributed by atoms with Gasteiger partial charge in [-0.2, -0.15) is 0 Å². The van der Waals surface area contributed by atoms with Gasteiger partial charge in [0.15, 0.2) is 6.61 Å². The number of likely N-dealkylation sites (N-methyl/N-ethyl adjacent to an activating group) is 1. The first-order chi connectivity index (χ1) is 11.7. The van der Waals surface area contributed by atoms with Crippen molar-refractivity contribution < 1.29 is 22.7 Å². The number of fused-ring (bicyclic) bond motifs is 1. The monoisotopic (exact) mass is 369 g/mol. The summed E-state index contributed by atoms with van der Waals surface area (Å²) in [4.78, 5) is 25.0. The van der Waals surface area contributed by atoms with Gasteiger partial charge < -0.3 is 15.0 Å². The number of amides is 2. The number of nitrogens with zero attached hydrogens (tertiary/aromatic N) is 1. The summed E-state index contributed by atoms with van der Waals surface area (Å²) >= 11 is 0. The lowest BCUT2D eigenvalue weighted by molar-refractivity contribution is -0.122. The first-order valence-electron chi connectivity index (χ1n) is 8.11. The van der Waals surface area contributed by atoms with Crippen molar-refractivity contribution in [2.24, 2.45) is 0 Å². The molecule has 1 aromatic carbocycles. The minimum absolute atomic E-state index is 0.00215. The molecule has 1 heterocycles. The molecule has 8 nitrogen and oxygen atoms in total. The van der Waals surface area contributed by atoms with Crippen LogP contribution in [0.1, 0.15) is 27.2 Å². The van der Waals surface area contributed by atoms with Crippen LogP contribution >= 0.6 is 0 Å². The molecule has 0 aromatic heterocycles. The van der Waals surface area contributed by atoms with Gasteiger partial charge in [0, 0.05) is 25.6 Å². The third-order valence-corrected chi connectivity index (χ3v) is 5.05. The minimum atomic E-state index is -3.79. The fraction of sp³-hybridized carbons (Fsp3) is 0.500. The van der Waals surface area contributed by atoms with Crippen LogP contribution in [0.5, 0.6) is 5.75 Å². The quantitative estimate of drug-likeness (QED) is 0.733. The number of ether oxygens (including phenoxy) is 1. The highest BCUT2D eigenvalue weighted by molar-refractivity contribution is 7.89. The largest absolute Gasteiger partial charge is 0.482 e. The summed E-state index contributed by atoms with van der Waals surface area (Å²) in [6, 6.07) is 4.36. The number of hydrogen-bond donors (Lipinski definition) is 2. The molecule has 0 saturated heterocycles. The van der Waals surface area contributed by atoms with Crippen molar-refractivity contribution in [2.45, 2.75) is 38.1 Å². The van der Waals surface area contributed by atoms with Crippen molar-refractivity contribution in [3.63, 3.8) is 0 Å². The number of anilines is 1. The molecule has 1 aromatic rings. The summed E-state index contributed by atoms with van der Waals surface area (Å²) in [5.74, 6) is 0.0267. The maximum absolute atomic E-state index is 12.4. The Morgan fingerprint density at radius 1 is 1.36 bits per heavy atom. The summed E-state index contributed by atoms with van der Waals surface area (Å²) in [6.07, 6.45) is 0.0467. The van der Waals surface area contributed by atoms with Crippen molar-refractivity contribution in [3.8, 4) is 5.75 Å². The molecule has 2 amide bonds. The number of hydrogen-bond acceptors (Lipinski definition) is 5. The van der Waals surface area contributed by atoms with E-state index < -0.39 is 10.0 Å². The fourth-order valence-corrected chi connectivity index (χ4v) is 3.52. The lowest BCUT2D eigenvalue weighted by Gasteiger charge is -2.28. The van der Waals surface area contributed by atoms with Crippen LogP contribution < -0.4 is 19.7 Å². The van der Waals surface area contributed by atoms with E-state index in [2.05, 4.69) is 10.0 Å². The van der Waals surface area contributed by atoms with E-state index in [9.17, 15) is 18.0 Å². The second kappa shape index (κ2) is 7.83. The van der Waals surface area contributed by atoms with E-state index in [0.29, 0.717) is 18.0 Å². The van der Waals surface area contributed by atoms with Crippen LogP contribution in [0, 0.1) is 0 Å². The van der Waals surface area contributed by atoms with Crippen molar-refractivity contribution >= 4 is 27.5 Å². The predicted octanol–water partition coefficient (Wildman–Crippen LogP) is 0.625. The van der Waals surface area contributed by atoms with Gasteiger partial charge in [-0.1, -0.05) is 0 Å². The number of nitrogens with one attached hydrogen (secondary N) is 2. The highest BCUT2D eigenvalue weighted by Gasteiger charge is 2.26. The molecule has 25 heavy (non-hydrogen) atoms. The van der Waals surface area contributed by atoms with Crippen LogP contribution in [0.2, 0.25) is 0 Å². The van der Waals surface area contributed by atoms with Gasteiger partial charge in [0.25, 0.3) is 5.91 Å². The van der Waals surface area contributed by atoms with Gasteiger partial charge in [-0.05, 0) is 39.0 Å². The molecule has 0 fully saturated rings. The van der Waals surface area contributed by atoms with Crippen LogP contribution in [-0.4, -0.2) is 46.0 Å². The summed E-state index contributed by atoms with van der Waals surface area (Å²) in [5.41, 5.74) is 0.430. The van der Waals surface area contributed by atoms with E-state index in [1.165, 1.54) is 23.1 Å². The SMILES string of the molecule is CCN1C(=O)COc2ccc(S(=O)(=O)NCCC(=O)NC(C)C)cc21. The van der Waals surface area contributed by atoms with Crippen molar-refractivity contribution in [1.82, 2.24) is 10.0 Å². The summed E-state index contributed by atoms with van der Waals surface area (Å²) in [5, 5.41) is 2.69. The zero-order chi connectivity index (χ0) is 18.6. The Kier molecular flexibility index (Phi) is 6.02. The number of carbonyl (C=O) groups excluding carboxylic acids is 2. The first kappa shape index (κ1) is 19.2. The maximum atomic E-state index is 12.4. The van der Waals surface area contributed by atoms with Crippen LogP contribution in [0.15, 0.2) is 23.1 Å². The van der Waals surface area contributed by atoms with Gasteiger partial charge in [0.05, 0.1) is 10.6 Å². The van der Waals surface area contributed by atoms with E-state index in [-0.39, 0.29) is 42.3 Å². The molecule has 0 atom stereocenters. The third-order valence-electron chi connectivity index (χ3n) is 3.59. The molecule has 0 unspecified atom stereocenters. The molecule has 138 valence electrons. The molecular formula is C16H23N3O5S. The molecule has 0 aliphatic carbocycles. The molecule has 0 saturated carbocycles. The smallest absolute Gasteiger partial charge is 0.265 e. The lowest BCUT2D eigenvalue weighted by atomic mass is 10.2. The van der Waals surface area contributed by atoms with Gasteiger partial charge in [0.1, 0.15) is 5.75 Å². The molecule has 1 aliphatic rings. The topological polar surface area (TPSA) is 105 Å². The maximum Gasteiger partial charge on any atom is 0.265 e. The molecule has 0 radical (unpaired) electrons. The second-order valence-electron chi connectivity index (χ2n) is 5.93. The fourth-order valence-electron chi connectivity index (χ4n) is 2.47. The summed E-state index contributed by atoms with van der Waals surface area (Å²) in [6.45, 7) is 5.82. The van der Waals surface area contributed by atoms with Crippen LogP contribution in [-0.2, 0) is 19.6 Å². The Morgan fingerprint density at radius 2 is 2.08 bits per heavy atom. The van der Waals surface area contributed by atoms with E-state index in [4.69, 9.17) is 4.74 Å². The number of sulfonamides is 1. The van der Waals surface area contributed by atoms with Crippen LogP contribution in [0.4, 0.5) is 5.69 Å². The highest BCUT2D eigenvalue weighted by atomic mass is 32.2. The average Bonchev–Trinajstić information content (AvgIpc) is 2.53. The van der Waals surface area contributed by atoms with Crippen LogP contribution in [0.3, 0.4) is 0 Å². The number of rotatable bonds is 7. The molecule has 0 spiro atoms. The van der Waals surface area contributed by atoms with E-state index in [0.717, 1.165) is 0 Å². The van der Waals surface area contributed by atoms with Crippen LogP contribution in [0.25, 0.3) is 0 Å². The molecular weight excluding hydrogens is 346 g/mol. The lowest BCUT2D eigenvalue weighted by Crippen LogP contribution is -2.38. The number of benzene rings is 1. The van der Waals surface area contributed by atoms with E-state index in [1.807, 2.05) is 13.8 Å². The average molecular weight is 369 g/mol. The van der Waals surface area contributed by atoms with Gasteiger partial charge in [-0.25, -0.2) is 13.1 Å². The Bertz CT molecular complexity index is 761. The first-order valence-corrected chi connectivity index (χ1v) is 9.59. The third kappa shape index (κ3) is 4.70. The van der Waals surface area contributed by atoms with Crippen molar-refractivity contribution in [1.29, 1.82) is 0 Å². The van der Waals surface area contributed by atoms with Crippen molar-refractivity contribution in [3.05, 3.63) is 18.2 Å². The Morgan fingerprint density at radius 3 is 2.72 bits per heavy atom. The molecule has 9 heteroatoms. The van der Waals surface area contributed by atoms with Gasteiger partial charge in [-0.3, -0.25) is 9.59 Å². The van der Waals surface area contributed by atoms with Crippen molar-refractivity contribution in [2.75, 3.05) is 24.6 Å². The standard InChI is InChI=1S/C16H23N3O5S/c1-4-19-13-9-12(5-6-14(13)24-10-16(19)21)25(22,23)17-8-7-15(20)18-11(2)3/h5-6,9,11,17H,4,7-8,10H2,1-3H3,(H,18,20). The Balaban J connectivity index is 2.11. The number of carbonyl (C=O) groups is 2. The summed E-state index contributed by atoms with van der Waals surface area (Å²) < 4.78 is 32.5. The molecule has 2 N–H and O–H groups in total. The Labute approximate surface area is 147 Å². The molecule has 2 rings (SSSR count). The minimum Gasteiger partial charge on any atom is -0.482 e. The van der Waals surface area contributed by atoms with E-state index in [1.54, 1.807) is 6.92 Å². The molecule has 0 bridgehead atoms. The predicted molar refractivity (Wildman–Crippen MR) is 93.0 cm³/mol.